The number of benzene rings is 1. The van der Waals surface area contributed by atoms with Gasteiger partial charge < -0.3 is 19.6 Å². The van der Waals surface area contributed by atoms with E-state index < -0.39 is 11.5 Å². The van der Waals surface area contributed by atoms with Crippen molar-refractivity contribution >= 4 is 22.8 Å². The molecule has 0 atom stereocenters. The van der Waals surface area contributed by atoms with E-state index >= 15 is 0 Å². The number of furan rings is 1. The first-order chi connectivity index (χ1) is 11.0. The number of carboxylic acid groups (broad SMARTS) is 1. The molecule has 0 aliphatic carbocycles. The maximum absolute atomic E-state index is 12.5. The number of carboxylic acids is 1. The number of nitrogens with one attached hydrogen (secondary N) is 1. The van der Waals surface area contributed by atoms with Crippen molar-refractivity contribution in [2.75, 3.05) is 13.2 Å². The molecule has 23 heavy (non-hydrogen) atoms. The highest BCUT2D eigenvalue weighted by Gasteiger charge is 2.37. The van der Waals surface area contributed by atoms with Crippen LogP contribution in [0.3, 0.4) is 0 Å². The SMILES string of the molecule is Cc1ccc2oc(C(=O)NC3(CC(=O)O)CCOCC3)cc2c1. The number of rotatable bonds is 4. The highest BCUT2D eigenvalue weighted by atomic mass is 16.5. The van der Waals surface area contributed by atoms with E-state index in [1.165, 1.54) is 0 Å². The maximum atomic E-state index is 12.5. The second-order valence-electron chi connectivity index (χ2n) is 6.07. The first kappa shape index (κ1) is 15.6. The Balaban J connectivity index is 1.83. The van der Waals surface area contributed by atoms with Crippen LogP contribution >= 0.6 is 0 Å². The quantitative estimate of drug-likeness (QED) is 0.904. The van der Waals surface area contributed by atoms with Gasteiger partial charge in [0.25, 0.3) is 5.91 Å². The van der Waals surface area contributed by atoms with E-state index in [9.17, 15) is 9.59 Å². The van der Waals surface area contributed by atoms with Crippen LogP contribution in [0.5, 0.6) is 0 Å². The van der Waals surface area contributed by atoms with Gasteiger partial charge in [-0.25, -0.2) is 0 Å². The molecule has 2 heterocycles. The van der Waals surface area contributed by atoms with Gasteiger partial charge in [-0.1, -0.05) is 11.6 Å². The Morgan fingerprint density at radius 3 is 2.70 bits per heavy atom. The van der Waals surface area contributed by atoms with Gasteiger partial charge in [0, 0.05) is 18.6 Å². The molecule has 1 amide bonds. The molecule has 0 radical (unpaired) electrons. The van der Waals surface area contributed by atoms with Gasteiger partial charge in [0.2, 0.25) is 0 Å². The summed E-state index contributed by atoms with van der Waals surface area (Å²) in [5.41, 5.74) is 0.938. The number of hydrogen-bond donors (Lipinski definition) is 2. The summed E-state index contributed by atoms with van der Waals surface area (Å²) in [7, 11) is 0. The molecule has 0 unspecified atom stereocenters. The third kappa shape index (κ3) is 3.37. The Bertz CT molecular complexity index is 743. The van der Waals surface area contributed by atoms with Crippen molar-refractivity contribution in [1.82, 2.24) is 5.32 Å². The van der Waals surface area contributed by atoms with Crippen molar-refractivity contribution in [3.8, 4) is 0 Å². The van der Waals surface area contributed by atoms with E-state index in [2.05, 4.69) is 5.32 Å². The summed E-state index contributed by atoms with van der Waals surface area (Å²) in [4.78, 5) is 23.7. The average molecular weight is 317 g/mol. The summed E-state index contributed by atoms with van der Waals surface area (Å²) in [6.07, 6.45) is 0.830. The lowest BCUT2D eigenvalue weighted by molar-refractivity contribution is -0.139. The lowest BCUT2D eigenvalue weighted by atomic mass is 9.86. The molecule has 2 N–H and O–H groups in total. The predicted octanol–water partition coefficient (Wildman–Crippen LogP) is 2.49. The maximum Gasteiger partial charge on any atom is 0.305 e. The molecular formula is C17H19NO5. The number of fused-ring (bicyclic) bond motifs is 1. The fourth-order valence-corrected chi connectivity index (χ4v) is 2.97. The molecule has 0 spiro atoms. The Morgan fingerprint density at radius 2 is 2.00 bits per heavy atom. The van der Waals surface area contributed by atoms with Gasteiger partial charge in [0.15, 0.2) is 5.76 Å². The van der Waals surface area contributed by atoms with Gasteiger partial charge >= 0.3 is 5.97 Å². The van der Waals surface area contributed by atoms with Gasteiger partial charge in [0.05, 0.1) is 12.0 Å². The van der Waals surface area contributed by atoms with Crippen LogP contribution in [0.4, 0.5) is 0 Å². The van der Waals surface area contributed by atoms with Crippen LogP contribution in [-0.4, -0.2) is 35.7 Å². The lowest BCUT2D eigenvalue weighted by Gasteiger charge is -2.36. The standard InChI is InChI=1S/C17H19NO5/c1-11-2-3-13-12(8-11)9-14(23-13)16(21)18-17(10-15(19)20)4-6-22-7-5-17/h2-3,8-9H,4-7,10H2,1H3,(H,18,21)(H,19,20). The number of aryl methyl sites for hydroxylation is 1. The zero-order valence-corrected chi connectivity index (χ0v) is 12.9. The van der Waals surface area contributed by atoms with Gasteiger partial charge in [-0.05, 0) is 38.0 Å². The number of carbonyl (C=O) groups is 2. The highest BCUT2D eigenvalue weighted by molar-refractivity contribution is 5.96. The van der Waals surface area contributed by atoms with Gasteiger partial charge in [-0.3, -0.25) is 9.59 Å². The zero-order chi connectivity index (χ0) is 16.4. The van der Waals surface area contributed by atoms with E-state index in [4.69, 9.17) is 14.3 Å². The van der Waals surface area contributed by atoms with Gasteiger partial charge in [-0.15, -0.1) is 0 Å². The molecule has 0 bridgehead atoms. The van der Waals surface area contributed by atoms with Crippen molar-refractivity contribution in [3.63, 3.8) is 0 Å². The minimum Gasteiger partial charge on any atom is -0.481 e. The molecular weight excluding hydrogens is 298 g/mol. The number of carbonyl (C=O) groups excluding carboxylic acids is 1. The van der Waals surface area contributed by atoms with E-state index in [0.29, 0.717) is 31.6 Å². The van der Waals surface area contributed by atoms with Crippen LogP contribution < -0.4 is 5.32 Å². The summed E-state index contributed by atoms with van der Waals surface area (Å²) in [5, 5.41) is 12.9. The van der Waals surface area contributed by atoms with E-state index in [1.807, 2.05) is 25.1 Å². The minimum atomic E-state index is -0.938. The Morgan fingerprint density at radius 1 is 1.26 bits per heavy atom. The minimum absolute atomic E-state index is 0.124. The topological polar surface area (TPSA) is 88.8 Å². The van der Waals surface area contributed by atoms with E-state index in [0.717, 1.165) is 10.9 Å². The molecule has 0 saturated carbocycles. The molecule has 6 nitrogen and oxygen atoms in total. The molecule has 2 aromatic rings. The number of hydrogen-bond acceptors (Lipinski definition) is 4. The molecule has 1 fully saturated rings. The molecule has 3 rings (SSSR count). The Hall–Kier alpha value is -2.34. The van der Waals surface area contributed by atoms with Crippen LogP contribution in [0.15, 0.2) is 28.7 Å². The highest BCUT2D eigenvalue weighted by Crippen LogP contribution is 2.26. The van der Waals surface area contributed by atoms with Crippen LogP contribution in [0.25, 0.3) is 11.0 Å². The monoisotopic (exact) mass is 317 g/mol. The number of aliphatic carboxylic acids is 1. The van der Waals surface area contributed by atoms with Gasteiger partial charge in [-0.2, -0.15) is 0 Å². The molecule has 1 aliphatic heterocycles. The van der Waals surface area contributed by atoms with Crippen LogP contribution in [0, 0.1) is 6.92 Å². The molecule has 6 heteroatoms. The normalized spacial score (nSPS) is 17.1. The summed E-state index contributed by atoms with van der Waals surface area (Å²) < 4.78 is 10.9. The zero-order valence-electron chi connectivity index (χ0n) is 12.9. The Kier molecular flexibility index (Phi) is 4.09. The van der Waals surface area contributed by atoms with Crippen molar-refractivity contribution in [2.24, 2.45) is 0 Å². The second kappa shape index (κ2) is 6.04. The van der Waals surface area contributed by atoms with E-state index in [1.54, 1.807) is 6.07 Å². The average Bonchev–Trinajstić information content (AvgIpc) is 2.90. The van der Waals surface area contributed by atoms with Crippen molar-refractivity contribution in [1.29, 1.82) is 0 Å². The molecule has 122 valence electrons. The fourth-order valence-electron chi connectivity index (χ4n) is 2.97. The first-order valence-corrected chi connectivity index (χ1v) is 7.60. The second-order valence-corrected chi connectivity index (χ2v) is 6.07. The van der Waals surface area contributed by atoms with Gasteiger partial charge in [0.1, 0.15) is 5.58 Å². The Labute approximate surface area is 133 Å². The van der Waals surface area contributed by atoms with Crippen LogP contribution in [-0.2, 0) is 9.53 Å². The van der Waals surface area contributed by atoms with Crippen molar-refractivity contribution < 1.29 is 23.8 Å². The summed E-state index contributed by atoms with van der Waals surface area (Å²) in [6.45, 7) is 2.84. The molecule has 1 aliphatic rings. The van der Waals surface area contributed by atoms with Crippen LogP contribution in [0.2, 0.25) is 0 Å². The van der Waals surface area contributed by atoms with Crippen molar-refractivity contribution in [2.45, 2.75) is 31.7 Å². The third-order valence-corrected chi connectivity index (χ3v) is 4.21. The molecule has 1 saturated heterocycles. The number of amides is 1. The van der Waals surface area contributed by atoms with Crippen molar-refractivity contribution in [3.05, 3.63) is 35.6 Å². The largest absolute Gasteiger partial charge is 0.481 e. The lowest BCUT2D eigenvalue weighted by Crippen LogP contribution is -2.53. The molecule has 1 aromatic carbocycles. The number of ether oxygens (including phenoxy) is 1. The third-order valence-electron chi connectivity index (χ3n) is 4.21. The molecule has 1 aromatic heterocycles. The predicted molar refractivity (Wildman–Crippen MR) is 83.5 cm³/mol. The smallest absolute Gasteiger partial charge is 0.305 e. The fraction of sp³-hybridized carbons (Fsp3) is 0.412. The summed E-state index contributed by atoms with van der Waals surface area (Å²) in [5.74, 6) is -1.13. The summed E-state index contributed by atoms with van der Waals surface area (Å²) >= 11 is 0. The first-order valence-electron chi connectivity index (χ1n) is 7.60. The summed E-state index contributed by atoms with van der Waals surface area (Å²) in [6, 6.07) is 7.36. The van der Waals surface area contributed by atoms with E-state index in [-0.39, 0.29) is 18.1 Å². The van der Waals surface area contributed by atoms with Crippen LogP contribution in [0.1, 0.15) is 35.4 Å².